The number of amides is 1. The van der Waals surface area contributed by atoms with Crippen molar-refractivity contribution < 1.29 is 19.1 Å². The molecule has 0 unspecified atom stereocenters. The summed E-state index contributed by atoms with van der Waals surface area (Å²) < 4.78 is 12.1. The average molecular weight is 365 g/mol. The molecule has 2 aromatic heterocycles. The maximum atomic E-state index is 12.4. The summed E-state index contributed by atoms with van der Waals surface area (Å²) in [6.07, 6.45) is 1.62. The molecule has 0 atom stereocenters. The molecule has 0 saturated carbocycles. The third-order valence-corrected chi connectivity index (χ3v) is 4.15. The Morgan fingerprint density at radius 2 is 2.15 bits per heavy atom. The first-order valence-electron chi connectivity index (χ1n) is 8.23. The van der Waals surface area contributed by atoms with Gasteiger partial charge in [0, 0.05) is 11.8 Å². The summed E-state index contributed by atoms with van der Waals surface area (Å²) in [7, 11) is 0. The number of nitrogens with one attached hydrogen (secondary N) is 1. The van der Waals surface area contributed by atoms with Crippen LogP contribution in [0, 0.1) is 6.92 Å². The van der Waals surface area contributed by atoms with Crippen molar-refractivity contribution in [3.05, 3.63) is 64.1 Å². The molecule has 1 amide bonds. The maximum absolute atomic E-state index is 12.4. The van der Waals surface area contributed by atoms with Crippen LogP contribution in [0.25, 0.3) is 5.65 Å². The van der Waals surface area contributed by atoms with Crippen LogP contribution in [0.1, 0.15) is 15.9 Å². The van der Waals surface area contributed by atoms with Crippen LogP contribution in [0.5, 0.6) is 11.6 Å². The van der Waals surface area contributed by atoms with Crippen molar-refractivity contribution in [2.75, 3.05) is 18.5 Å². The van der Waals surface area contributed by atoms with Crippen LogP contribution in [0.3, 0.4) is 0 Å². The SMILES string of the molecule is Cc1cccn2c(=O)cc(OCC(=O)c3ccc4c(c3)NC(=O)CO4)nc12. The van der Waals surface area contributed by atoms with Crippen LogP contribution in [0.4, 0.5) is 5.69 Å². The lowest BCUT2D eigenvalue weighted by Gasteiger charge is -2.18. The summed E-state index contributed by atoms with van der Waals surface area (Å²) in [4.78, 5) is 40.3. The van der Waals surface area contributed by atoms with Crippen LogP contribution in [-0.4, -0.2) is 34.3 Å². The largest absolute Gasteiger partial charge is 0.482 e. The summed E-state index contributed by atoms with van der Waals surface area (Å²) in [5.41, 5.74) is 1.79. The van der Waals surface area contributed by atoms with Crippen molar-refractivity contribution in [1.29, 1.82) is 0 Å². The lowest BCUT2D eigenvalue weighted by molar-refractivity contribution is -0.118. The molecule has 0 radical (unpaired) electrons. The highest BCUT2D eigenvalue weighted by Crippen LogP contribution is 2.28. The van der Waals surface area contributed by atoms with E-state index in [-0.39, 0.29) is 36.3 Å². The number of anilines is 1. The molecule has 1 aliphatic heterocycles. The molecule has 3 aromatic rings. The Balaban J connectivity index is 1.54. The Morgan fingerprint density at radius 3 is 3.00 bits per heavy atom. The van der Waals surface area contributed by atoms with E-state index in [1.807, 2.05) is 13.0 Å². The first-order chi connectivity index (χ1) is 13.0. The Bertz CT molecular complexity index is 1140. The summed E-state index contributed by atoms with van der Waals surface area (Å²) in [5, 5.41) is 2.65. The molecule has 8 heteroatoms. The third-order valence-electron chi connectivity index (χ3n) is 4.15. The molecule has 0 fully saturated rings. The van der Waals surface area contributed by atoms with E-state index in [1.165, 1.54) is 16.5 Å². The number of aryl methyl sites for hydroxylation is 1. The quantitative estimate of drug-likeness (QED) is 0.705. The van der Waals surface area contributed by atoms with Crippen LogP contribution in [-0.2, 0) is 4.79 Å². The van der Waals surface area contributed by atoms with Gasteiger partial charge in [0.1, 0.15) is 11.4 Å². The highest BCUT2D eigenvalue weighted by Gasteiger charge is 2.18. The van der Waals surface area contributed by atoms with E-state index >= 15 is 0 Å². The van der Waals surface area contributed by atoms with Crippen LogP contribution >= 0.6 is 0 Å². The fourth-order valence-corrected chi connectivity index (χ4v) is 2.79. The standard InChI is InChI=1S/C19H15N3O5/c1-11-3-2-6-22-18(25)8-17(21-19(11)22)27-9-14(23)12-4-5-15-13(7-12)20-16(24)10-26-15/h2-8H,9-10H2,1H3,(H,20,24). The van der Waals surface area contributed by atoms with Gasteiger partial charge in [-0.25, -0.2) is 0 Å². The number of ketones is 1. The van der Waals surface area contributed by atoms with E-state index in [9.17, 15) is 14.4 Å². The monoisotopic (exact) mass is 365 g/mol. The molecule has 1 aliphatic rings. The van der Waals surface area contributed by atoms with E-state index in [1.54, 1.807) is 24.4 Å². The number of fused-ring (bicyclic) bond motifs is 2. The van der Waals surface area contributed by atoms with Crippen LogP contribution < -0.4 is 20.3 Å². The van der Waals surface area contributed by atoms with Crippen molar-refractivity contribution >= 4 is 23.0 Å². The molecule has 8 nitrogen and oxygen atoms in total. The van der Waals surface area contributed by atoms with Gasteiger partial charge in [-0.05, 0) is 36.8 Å². The number of carbonyl (C=O) groups excluding carboxylic acids is 2. The predicted molar refractivity (Wildman–Crippen MR) is 96.6 cm³/mol. The van der Waals surface area contributed by atoms with Gasteiger partial charge in [0.2, 0.25) is 5.88 Å². The van der Waals surface area contributed by atoms with Crippen molar-refractivity contribution in [1.82, 2.24) is 9.38 Å². The van der Waals surface area contributed by atoms with Crippen LogP contribution in [0.2, 0.25) is 0 Å². The Hall–Kier alpha value is -3.68. The highest BCUT2D eigenvalue weighted by atomic mass is 16.5. The summed E-state index contributed by atoms with van der Waals surface area (Å²) >= 11 is 0. The van der Waals surface area contributed by atoms with Gasteiger partial charge in [-0.3, -0.25) is 18.8 Å². The van der Waals surface area contributed by atoms with Gasteiger partial charge < -0.3 is 14.8 Å². The minimum atomic E-state index is -0.315. The minimum absolute atomic E-state index is 0.0496. The topological polar surface area (TPSA) is 99.0 Å². The van der Waals surface area contributed by atoms with Gasteiger partial charge in [0.05, 0.1) is 11.8 Å². The fourth-order valence-electron chi connectivity index (χ4n) is 2.79. The number of carbonyl (C=O) groups is 2. The van der Waals surface area contributed by atoms with Crippen LogP contribution in [0.15, 0.2) is 47.4 Å². The summed E-state index contributed by atoms with van der Waals surface area (Å²) in [5.74, 6) is -0.00651. The molecule has 1 aromatic carbocycles. The lowest BCUT2D eigenvalue weighted by atomic mass is 10.1. The zero-order valence-corrected chi connectivity index (χ0v) is 14.4. The second-order valence-corrected chi connectivity index (χ2v) is 6.08. The van der Waals surface area contributed by atoms with Gasteiger partial charge in [-0.2, -0.15) is 4.98 Å². The molecule has 3 heterocycles. The zero-order valence-electron chi connectivity index (χ0n) is 14.4. The molecule has 4 rings (SSSR count). The van der Waals surface area contributed by atoms with E-state index in [2.05, 4.69) is 10.3 Å². The minimum Gasteiger partial charge on any atom is -0.482 e. The second-order valence-electron chi connectivity index (χ2n) is 6.08. The van der Waals surface area contributed by atoms with E-state index < -0.39 is 0 Å². The van der Waals surface area contributed by atoms with Gasteiger partial charge in [-0.15, -0.1) is 0 Å². The van der Waals surface area contributed by atoms with Gasteiger partial charge in [0.15, 0.2) is 19.0 Å². The number of rotatable bonds is 4. The van der Waals surface area contributed by atoms with E-state index in [0.29, 0.717) is 22.6 Å². The predicted octanol–water partition coefficient (Wildman–Crippen LogP) is 1.60. The number of hydrogen-bond donors (Lipinski definition) is 1. The molecule has 27 heavy (non-hydrogen) atoms. The fraction of sp³-hybridized carbons (Fsp3) is 0.158. The molecule has 0 saturated heterocycles. The van der Waals surface area contributed by atoms with Crippen molar-refractivity contribution in [3.63, 3.8) is 0 Å². The molecule has 0 spiro atoms. The highest BCUT2D eigenvalue weighted by molar-refractivity contribution is 6.01. The molecular formula is C19H15N3O5. The number of benzene rings is 1. The number of ether oxygens (including phenoxy) is 2. The van der Waals surface area contributed by atoms with Crippen molar-refractivity contribution in [2.24, 2.45) is 0 Å². The number of aromatic nitrogens is 2. The number of Topliss-reactive ketones (excluding diaryl/α,β-unsaturated/α-hetero) is 1. The Labute approximate surface area is 153 Å². The zero-order chi connectivity index (χ0) is 19.0. The van der Waals surface area contributed by atoms with Crippen molar-refractivity contribution in [3.8, 4) is 11.6 Å². The van der Waals surface area contributed by atoms with Crippen molar-refractivity contribution in [2.45, 2.75) is 6.92 Å². The Kier molecular flexibility index (Phi) is 4.08. The molecule has 136 valence electrons. The molecule has 1 N–H and O–H groups in total. The second kappa shape index (κ2) is 6.56. The molecule has 0 bridgehead atoms. The number of hydrogen-bond acceptors (Lipinski definition) is 6. The van der Waals surface area contributed by atoms with E-state index in [4.69, 9.17) is 9.47 Å². The average Bonchev–Trinajstić information content (AvgIpc) is 2.66. The van der Waals surface area contributed by atoms with E-state index in [0.717, 1.165) is 5.56 Å². The lowest BCUT2D eigenvalue weighted by Crippen LogP contribution is -2.25. The summed E-state index contributed by atoms with van der Waals surface area (Å²) in [6.45, 7) is 1.49. The normalized spacial score (nSPS) is 12.9. The third kappa shape index (κ3) is 3.24. The Morgan fingerprint density at radius 1 is 1.30 bits per heavy atom. The first kappa shape index (κ1) is 16.8. The van der Waals surface area contributed by atoms with Gasteiger partial charge in [0.25, 0.3) is 11.5 Å². The molecular weight excluding hydrogens is 350 g/mol. The smallest absolute Gasteiger partial charge is 0.262 e. The maximum Gasteiger partial charge on any atom is 0.262 e. The number of nitrogens with zero attached hydrogens (tertiary/aromatic N) is 2. The first-order valence-corrected chi connectivity index (χ1v) is 8.23. The molecule has 0 aliphatic carbocycles. The van der Waals surface area contributed by atoms with Gasteiger partial charge >= 0.3 is 0 Å². The summed E-state index contributed by atoms with van der Waals surface area (Å²) in [6, 6.07) is 9.57. The van der Waals surface area contributed by atoms with Gasteiger partial charge in [-0.1, -0.05) is 6.07 Å². The number of pyridine rings is 1.